The number of hydrazine groups is 2. The van der Waals surface area contributed by atoms with E-state index in [0.29, 0.717) is 6.04 Å². The third kappa shape index (κ3) is 2.17. The number of anilines is 2. The summed E-state index contributed by atoms with van der Waals surface area (Å²) in [6.07, 6.45) is 0. The van der Waals surface area contributed by atoms with Crippen molar-refractivity contribution >= 4 is 11.4 Å². The van der Waals surface area contributed by atoms with Crippen LogP contribution in [0.4, 0.5) is 11.4 Å². The van der Waals surface area contributed by atoms with Gasteiger partial charge >= 0.3 is 0 Å². The second kappa shape index (κ2) is 4.76. The predicted molar refractivity (Wildman–Crippen MR) is 86.0 cm³/mol. The fraction of sp³-hybridized carbons (Fsp3) is 0.294. The monoisotopic (exact) mass is 280 g/mol. The average molecular weight is 280 g/mol. The van der Waals surface area contributed by atoms with E-state index in [1.807, 2.05) is 0 Å². The van der Waals surface area contributed by atoms with Crippen LogP contribution in [0.15, 0.2) is 36.4 Å². The summed E-state index contributed by atoms with van der Waals surface area (Å²) in [6, 6.07) is 13.5. The van der Waals surface area contributed by atoms with E-state index >= 15 is 0 Å². The van der Waals surface area contributed by atoms with Gasteiger partial charge in [-0.3, -0.25) is 0 Å². The van der Waals surface area contributed by atoms with Crippen LogP contribution in [0.1, 0.15) is 28.3 Å². The summed E-state index contributed by atoms with van der Waals surface area (Å²) in [5.74, 6) is 0. The highest BCUT2D eigenvalue weighted by molar-refractivity contribution is 5.60. The third-order valence-electron chi connectivity index (χ3n) is 4.32. The summed E-state index contributed by atoms with van der Waals surface area (Å²) in [7, 11) is 0. The van der Waals surface area contributed by atoms with Gasteiger partial charge in [0, 0.05) is 6.54 Å². The molecule has 2 heterocycles. The molecular weight excluding hydrogens is 260 g/mol. The Labute approximate surface area is 125 Å². The van der Waals surface area contributed by atoms with E-state index in [-0.39, 0.29) is 0 Å². The molecule has 0 spiro atoms. The Kier molecular flexibility index (Phi) is 2.87. The molecule has 0 fully saturated rings. The van der Waals surface area contributed by atoms with E-state index in [0.717, 1.165) is 13.1 Å². The van der Waals surface area contributed by atoms with Crippen LogP contribution in [0.3, 0.4) is 0 Å². The molecule has 108 valence electrons. The van der Waals surface area contributed by atoms with Gasteiger partial charge in [-0.2, -0.15) is 0 Å². The number of aryl methyl sites for hydroxylation is 2. The van der Waals surface area contributed by atoms with Crippen molar-refractivity contribution in [2.24, 2.45) is 0 Å². The highest BCUT2D eigenvalue weighted by Gasteiger charge is 2.27. The van der Waals surface area contributed by atoms with Gasteiger partial charge in [-0.15, -0.1) is 0 Å². The van der Waals surface area contributed by atoms with Crippen molar-refractivity contribution < 1.29 is 0 Å². The number of nitrogens with zero attached hydrogens (tertiary/aromatic N) is 1. The molecule has 4 heteroatoms. The van der Waals surface area contributed by atoms with Crippen LogP contribution >= 0.6 is 0 Å². The highest BCUT2D eigenvalue weighted by Crippen LogP contribution is 2.32. The number of rotatable bonds is 2. The van der Waals surface area contributed by atoms with Gasteiger partial charge in [-0.25, -0.2) is 10.9 Å². The lowest BCUT2D eigenvalue weighted by Crippen LogP contribution is -2.39. The number of fused-ring (bicyclic) bond motifs is 2. The molecule has 2 aromatic rings. The van der Waals surface area contributed by atoms with E-state index in [1.54, 1.807) is 0 Å². The zero-order valence-electron chi connectivity index (χ0n) is 12.4. The van der Waals surface area contributed by atoms with E-state index < -0.39 is 0 Å². The molecule has 0 amide bonds. The molecule has 0 saturated carbocycles. The Morgan fingerprint density at radius 1 is 1.10 bits per heavy atom. The fourth-order valence-electron chi connectivity index (χ4n) is 3.16. The van der Waals surface area contributed by atoms with E-state index in [1.165, 1.54) is 33.6 Å². The first-order valence-corrected chi connectivity index (χ1v) is 7.43. The quantitative estimate of drug-likeness (QED) is 0.791. The van der Waals surface area contributed by atoms with Crippen molar-refractivity contribution in [3.63, 3.8) is 0 Å². The van der Waals surface area contributed by atoms with Crippen molar-refractivity contribution in [3.8, 4) is 0 Å². The van der Waals surface area contributed by atoms with Crippen molar-refractivity contribution in [1.29, 1.82) is 0 Å². The van der Waals surface area contributed by atoms with Gasteiger partial charge in [0.25, 0.3) is 0 Å². The van der Waals surface area contributed by atoms with E-state index in [4.69, 9.17) is 0 Å². The van der Waals surface area contributed by atoms with Crippen molar-refractivity contribution in [2.45, 2.75) is 26.4 Å². The summed E-state index contributed by atoms with van der Waals surface area (Å²) in [5, 5.41) is 2.26. The SMILES string of the molecule is Cc1ccc2c(c1)C(CN1NCc3ccc(C)cc31)NN2. The van der Waals surface area contributed by atoms with Gasteiger partial charge in [0.15, 0.2) is 0 Å². The Morgan fingerprint density at radius 2 is 1.90 bits per heavy atom. The van der Waals surface area contributed by atoms with Gasteiger partial charge in [0.2, 0.25) is 0 Å². The zero-order chi connectivity index (χ0) is 14.4. The second-order valence-electron chi connectivity index (χ2n) is 5.99. The Hall–Kier alpha value is -2.04. The Balaban J connectivity index is 1.60. The number of hydrogen-bond donors (Lipinski definition) is 3. The van der Waals surface area contributed by atoms with Crippen LogP contribution in [0.5, 0.6) is 0 Å². The largest absolute Gasteiger partial charge is 0.321 e. The summed E-state index contributed by atoms with van der Waals surface area (Å²) in [4.78, 5) is 0. The summed E-state index contributed by atoms with van der Waals surface area (Å²) >= 11 is 0. The normalized spacial score (nSPS) is 19.3. The zero-order valence-corrected chi connectivity index (χ0v) is 12.4. The van der Waals surface area contributed by atoms with Gasteiger partial charge in [-0.1, -0.05) is 29.8 Å². The molecule has 0 saturated heterocycles. The van der Waals surface area contributed by atoms with Crippen molar-refractivity contribution in [3.05, 3.63) is 58.7 Å². The summed E-state index contributed by atoms with van der Waals surface area (Å²) in [6.45, 7) is 6.10. The van der Waals surface area contributed by atoms with Crippen LogP contribution in [0.25, 0.3) is 0 Å². The molecule has 2 aromatic carbocycles. The summed E-state index contributed by atoms with van der Waals surface area (Å²) in [5.41, 5.74) is 18.0. The van der Waals surface area contributed by atoms with Crippen LogP contribution in [-0.2, 0) is 6.54 Å². The van der Waals surface area contributed by atoms with Gasteiger partial charge < -0.3 is 10.4 Å². The average Bonchev–Trinajstić information content (AvgIpc) is 3.04. The minimum absolute atomic E-state index is 0.291. The number of nitrogens with one attached hydrogen (secondary N) is 3. The van der Waals surface area contributed by atoms with Gasteiger partial charge in [-0.05, 0) is 42.7 Å². The molecule has 3 N–H and O–H groups in total. The lowest BCUT2D eigenvalue weighted by Gasteiger charge is -2.23. The van der Waals surface area contributed by atoms with Crippen LogP contribution in [0.2, 0.25) is 0 Å². The Bertz CT molecular complexity index is 636. The molecule has 4 nitrogen and oxygen atoms in total. The van der Waals surface area contributed by atoms with Crippen LogP contribution in [-0.4, -0.2) is 6.54 Å². The molecule has 0 aliphatic carbocycles. The first-order valence-electron chi connectivity index (χ1n) is 7.43. The van der Waals surface area contributed by atoms with E-state index in [9.17, 15) is 0 Å². The maximum Gasteiger partial charge on any atom is 0.0721 e. The smallest absolute Gasteiger partial charge is 0.0721 e. The maximum absolute atomic E-state index is 3.49. The van der Waals surface area contributed by atoms with Gasteiger partial charge in [0.1, 0.15) is 0 Å². The number of hydrogen-bond acceptors (Lipinski definition) is 4. The van der Waals surface area contributed by atoms with E-state index in [2.05, 4.69) is 71.5 Å². The molecule has 4 rings (SSSR count). The molecule has 0 aromatic heterocycles. The lowest BCUT2D eigenvalue weighted by molar-refractivity contribution is 0.557. The molecule has 0 radical (unpaired) electrons. The fourth-order valence-corrected chi connectivity index (χ4v) is 3.16. The molecule has 21 heavy (non-hydrogen) atoms. The Morgan fingerprint density at radius 3 is 2.81 bits per heavy atom. The first kappa shape index (κ1) is 12.7. The maximum atomic E-state index is 3.49. The van der Waals surface area contributed by atoms with Crippen molar-refractivity contribution in [1.82, 2.24) is 10.9 Å². The van der Waals surface area contributed by atoms with Crippen LogP contribution in [0, 0.1) is 13.8 Å². The second-order valence-corrected chi connectivity index (χ2v) is 5.99. The highest BCUT2D eigenvalue weighted by atomic mass is 15.5. The number of benzene rings is 2. The lowest BCUT2D eigenvalue weighted by atomic mass is 10.0. The first-order chi connectivity index (χ1) is 10.2. The molecule has 2 aliphatic rings. The minimum atomic E-state index is 0.291. The molecular formula is C17H20N4. The molecule has 1 atom stereocenters. The minimum Gasteiger partial charge on any atom is -0.321 e. The summed E-state index contributed by atoms with van der Waals surface area (Å²) < 4.78 is 0. The molecule has 1 unspecified atom stereocenters. The third-order valence-corrected chi connectivity index (χ3v) is 4.32. The van der Waals surface area contributed by atoms with Crippen molar-refractivity contribution in [2.75, 3.05) is 17.0 Å². The topological polar surface area (TPSA) is 39.3 Å². The molecule has 0 bridgehead atoms. The predicted octanol–water partition coefficient (Wildman–Crippen LogP) is 2.80. The standard InChI is InChI=1S/C17H20N4/c1-11-4-6-15-14(7-11)16(20-19-15)10-21-17-8-12(2)3-5-13(17)9-18-21/h3-8,16,18-20H,9-10H2,1-2H3. The molecule has 2 aliphatic heterocycles. The van der Waals surface area contributed by atoms with Crippen LogP contribution < -0.4 is 21.3 Å². The van der Waals surface area contributed by atoms with Gasteiger partial charge in [0.05, 0.1) is 24.0 Å².